The van der Waals surface area contributed by atoms with Crippen molar-refractivity contribution in [1.82, 2.24) is 0 Å². The van der Waals surface area contributed by atoms with Gasteiger partial charge in [-0.25, -0.2) is 0 Å². The Morgan fingerprint density at radius 1 is 1.70 bits per heavy atom. The standard InChI is InChI=1S/C6H5ClN2O/c7-4-1-2-6(10)5(3-4)9-8/h1-3,6,10H. The van der Waals surface area contributed by atoms with Gasteiger partial charge in [-0.15, -0.1) is 0 Å². The van der Waals surface area contributed by atoms with Gasteiger partial charge in [-0.3, -0.25) is 0 Å². The summed E-state index contributed by atoms with van der Waals surface area (Å²) in [7, 11) is 0. The maximum atomic E-state index is 9.01. The summed E-state index contributed by atoms with van der Waals surface area (Å²) in [4.78, 5) is 2.83. The van der Waals surface area contributed by atoms with Crippen molar-refractivity contribution >= 4 is 17.3 Å². The largest absolute Gasteiger partial charge is 0.377 e. The topological polar surface area (TPSA) is 56.6 Å². The molecular formula is C6H5ClN2O. The van der Waals surface area contributed by atoms with Gasteiger partial charge >= 0.3 is 5.71 Å². The Morgan fingerprint density at radius 3 is 2.90 bits per heavy atom. The van der Waals surface area contributed by atoms with E-state index in [1.54, 1.807) is 6.08 Å². The first-order chi connectivity index (χ1) is 4.74. The monoisotopic (exact) mass is 156 g/mol. The van der Waals surface area contributed by atoms with Gasteiger partial charge in [0.1, 0.15) is 0 Å². The summed E-state index contributed by atoms with van der Waals surface area (Å²) in [6.07, 6.45) is 3.54. The SMILES string of the molecule is [N-]=[N+]=C1C=C(Cl)C=CC1O. The van der Waals surface area contributed by atoms with E-state index in [0.29, 0.717) is 5.03 Å². The maximum absolute atomic E-state index is 9.01. The van der Waals surface area contributed by atoms with E-state index >= 15 is 0 Å². The molecule has 0 aromatic heterocycles. The molecule has 0 bridgehead atoms. The Kier molecular flexibility index (Phi) is 2.02. The first-order valence-corrected chi connectivity index (χ1v) is 3.07. The lowest BCUT2D eigenvalue weighted by atomic mass is 10.1. The fourth-order valence-electron chi connectivity index (χ4n) is 0.644. The molecule has 1 unspecified atom stereocenters. The molecule has 0 saturated carbocycles. The van der Waals surface area contributed by atoms with Crippen molar-refractivity contribution in [2.75, 3.05) is 0 Å². The second-order valence-electron chi connectivity index (χ2n) is 1.86. The maximum Gasteiger partial charge on any atom is 0.325 e. The third-order valence-corrected chi connectivity index (χ3v) is 1.38. The molecule has 1 atom stereocenters. The molecule has 1 rings (SSSR count). The molecule has 0 amide bonds. The summed E-state index contributed by atoms with van der Waals surface area (Å²) in [6.45, 7) is 0. The lowest BCUT2D eigenvalue weighted by Gasteiger charge is -2.00. The Morgan fingerprint density at radius 2 is 2.40 bits per heavy atom. The van der Waals surface area contributed by atoms with E-state index in [1.165, 1.54) is 12.2 Å². The number of halogens is 1. The van der Waals surface area contributed by atoms with Crippen LogP contribution in [0.1, 0.15) is 0 Å². The predicted molar refractivity (Wildman–Crippen MR) is 37.7 cm³/mol. The molecule has 1 N–H and O–H groups in total. The first kappa shape index (κ1) is 7.22. The molecule has 0 aromatic carbocycles. The zero-order valence-electron chi connectivity index (χ0n) is 5.03. The highest BCUT2D eigenvalue weighted by Gasteiger charge is 2.18. The lowest BCUT2D eigenvalue weighted by molar-refractivity contribution is -0.0151. The van der Waals surface area contributed by atoms with Crippen LogP contribution in [0.25, 0.3) is 5.53 Å². The summed E-state index contributed by atoms with van der Waals surface area (Å²) < 4.78 is 0. The minimum Gasteiger partial charge on any atom is -0.377 e. The van der Waals surface area contributed by atoms with Gasteiger partial charge < -0.3 is 10.6 Å². The zero-order chi connectivity index (χ0) is 7.56. The van der Waals surface area contributed by atoms with Crippen molar-refractivity contribution in [3.63, 3.8) is 0 Å². The fraction of sp³-hybridized carbons (Fsp3) is 0.167. The molecule has 0 aromatic rings. The molecule has 0 fully saturated rings. The molecule has 0 heterocycles. The van der Waals surface area contributed by atoms with E-state index in [9.17, 15) is 0 Å². The molecule has 0 saturated heterocycles. The van der Waals surface area contributed by atoms with E-state index < -0.39 is 6.10 Å². The number of hydrogen-bond acceptors (Lipinski definition) is 1. The number of nitrogens with zero attached hydrogens (tertiary/aromatic N) is 2. The van der Waals surface area contributed by atoms with Crippen LogP contribution in [0.2, 0.25) is 0 Å². The normalized spacial score (nSPS) is 24.0. The van der Waals surface area contributed by atoms with Crippen LogP contribution in [0, 0.1) is 0 Å². The van der Waals surface area contributed by atoms with Crippen molar-refractivity contribution in [2.45, 2.75) is 6.10 Å². The Balaban J connectivity index is 2.98. The predicted octanol–water partition coefficient (Wildman–Crippen LogP) is 0.711. The fourth-order valence-corrected chi connectivity index (χ4v) is 0.829. The molecule has 1 aliphatic carbocycles. The number of rotatable bonds is 0. The average molecular weight is 157 g/mol. The van der Waals surface area contributed by atoms with Gasteiger partial charge in [0.2, 0.25) is 0 Å². The van der Waals surface area contributed by atoms with Gasteiger partial charge in [0.25, 0.3) is 0 Å². The molecule has 1 aliphatic rings. The van der Waals surface area contributed by atoms with Crippen molar-refractivity contribution in [3.05, 3.63) is 28.8 Å². The van der Waals surface area contributed by atoms with E-state index in [1.807, 2.05) is 0 Å². The summed E-state index contributed by atoms with van der Waals surface area (Å²) in [6, 6.07) is 0. The van der Waals surface area contributed by atoms with Gasteiger partial charge in [-0.05, 0) is 12.2 Å². The lowest BCUT2D eigenvalue weighted by Crippen LogP contribution is -2.18. The van der Waals surface area contributed by atoms with Crippen LogP contribution in [0.4, 0.5) is 0 Å². The van der Waals surface area contributed by atoms with Gasteiger partial charge in [-0.1, -0.05) is 11.6 Å². The summed E-state index contributed by atoms with van der Waals surface area (Å²) in [5, 5.41) is 9.45. The minimum absolute atomic E-state index is 0.160. The molecule has 0 aliphatic heterocycles. The van der Waals surface area contributed by atoms with Gasteiger partial charge in [0, 0.05) is 11.1 Å². The molecule has 4 heteroatoms. The van der Waals surface area contributed by atoms with E-state index in [-0.39, 0.29) is 5.71 Å². The zero-order valence-corrected chi connectivity index (χ0v) is 5.78. The molecular weight excluding hydrogens is 152 g/mol. The number of aliphatic hydroxyl groups is 1. The minimum atomic E-state index is -0.840. The number of aliphatic hydroxyl groups excluding tert-OH is 1. The number of hydrogen-bond donors (Lipinski definition) is 1. The van der Waals surface area contributed by atoms with Crippen LogP contribution >= 0.6 is 11.6 Å². The van der Waals surface area contributed by atoms with E-state index in [2.05, 4.69) is 4.79 Å². The third kappa shape index (κ3) is 1.33. The highest BCUT2D eigenvalue weighted by molar-refractivity contribution is 6.33. The highest BCUT2D eigenvalue weighted by atomic mass is 35.5. The summed E-state index contributed by atoms with van der Waals surface area (Å²) in [5.41, 5.74) is 8.43. The molecule has 3 nitrogen and oxygen atoms in total. The second-order valence-corrected chi connectivity index (χ2v) is 2.29. The average Bonchev–Trinajstić information content (AvgIpc) is 1.94. The van der Waals surface area contributed by atoms with Crippen LogP contribution in [0.5, 0.6) is 0 Å². The van der Waals surface area contributed by atoms with Crippen molar-refractivity contribution in [3.8, 4) is 0 Å². The van der Waals surface area contributed by atoms with Gasteiger partial charge in [0.05, 0.1) is 0 Å². The highest BCUT2D eigenvalue weighted by Crippen LogP contribution is 2.10. The summed E-state index contributed by atoms with van der Waals surface area (Å²) in [5.74, 6) is 0. The van der Waals surface area contributed by atoms with Crippen molar-refractivity contribution < 1.29 is 9.90 Å². The van der Waals surface area contributed by atoms with Crippen molar-refractivity contribution in [2.24, 2.45) is 0 Å². The smallest absolute Gasteiger partial charge is 0.325 e. The Labute approximate surface area is 62.9 Å². The van der Waals surface area contributed by atoms with Crippen LogP contribution in [-0.2, 0) is 0 Å². The van der Waals surface area contributed by atoms with Crippen LogP contribution in [0.3, 0.4) is 0 Å². The molecule has 52 valence electrons. The Bertz CT molecular complexity index is 250. The molecule has 10 heavy (non-hydrogen) atoms. The second kappa shape index (κ2) is 2.80. The summed E-state index contributed by atoms with van der Waals surface area (Å²) >= 11 is 5.53. The third-order valence-electron chi connectivity index (χ3n) is 1.14. The Hall–Kier alpha value is -0.890. The van der Waals surface area contributed by atoms with Crippen LogP contribution in [-0.4, -0.2) is 21.7 Å². The van der Waals surface area contributed by atoms with Crippen molar-refractivity contribution in [1.29, 1.82) is 0 Å². The molecule has 0 spiro atoms. The first-order valence-electron chi connectivity index (χ1n) is 2.69. The van der Waals surface area contributed by atoms with Gasteiger partial charge in [0.15, 0.2) is 6.10 Å². The molecule has 0 radical (unpaired) electrons. The van der Waals surface area contributed by atoms with Crippen LogP contribution in [0.15, 0.2) is 23.3 Å². The quantitative estimate of drug-likeness (QED) is 0.408. The number of allylic oxidation sites excluding steroid dienone is 2. The van der Waals surface area contributed by atoms with Crippen LogP contribution < -0.4 is 0 Å². The van der Waals surface area contributed by atoms with Gasteiger partial charge in [-0.2, -0.15) is 4.79 Å². The van der Waals surface area contributed by atoms with E-state index in [0.717, 1.165) is 0 Å². The van der Waals surface area contributed by atoms with E-state index in [4.69, 9.17) is 22.2 Å².